The van der Waals surface area contributed by atoms with E-state index in [1.165, 1.54) is 6.42 Å². The number of nitrogens with two attached hydrogens (primary N) is 1. The minimum Gasteiger partial charge on any atom is -0.351 e. The quantitative estimate of drug-likeness (QED) is 0.554. The Labute approximate surface area is 66.5 Å². The van der Waals surface area contributed by atoms with Crippen LogP contribution in [0.15, 0.2) is 0 Å². The third-order valence-electron chi connectivity index (χ3n) is 2.93. The molecule has 62 valence electrons. The number of hydrogen-bond acceptors (Lipinski definition) is 1. The summed E-state index contributed by atoms with van der Waals surface area (Å²) < 4.78 is 0. The number of primary amides is 1. The Hall–Kier alpha value is -0.730. The molecular formula is C8H14N2O. The SMILES string of the molecule is CC1C[C@@H]2C[C@H](C1)N2C(N)=O. The Morgan fingerprint density at radius 1 is 1.36 bits per heavy atom. The molecule has 1 aliphatic carbocycles. The van der Waals surface area contributed by atoms with Crippen LogP contribution in [0.25, 0.3) is 0 Å². The second-order valence-electron chi connectivity index (χ2n) is 3.87. The predicted molar refractivity (Wildman–Crippen MR) is 42.0 cm³/mol. The van der Waals surface area contributed by atoms with Crippen molar-refractivity contribution in [3.63, 3.8) is 0 Å². The molecule has 2 heterocycles. The van der Waals surface area contributed by atoms with Crippen molar-refractivity contribution in [1.29, 1.82) is 0 Å². The van der Waals surface area contributed by atoms with Crippen molar-refractivity contribution in [2.75, 3.05) is 0 Å². The van der Waals surface area contributed by atoms with Gasteiger partial charge in [0.15, 0.2) is 0 Å². The Morgan fingerprint density at radius 3 is 2.36 bits per heavy atom. The van der Waals surface area contributed by atoms with Crippen LogP contribution >= 0.6 is 0 Å². The Kier molecular flexibility index (Phi) is 1.34. The summed E-state index contributed by atoms with van der Waals surface area (Å²) >= 11 is 0. The van der Waals surface area contributed by atoms with Crippen LogP contribution in [0.3, 0.4) is 0 Å². The second-order valence-corrected chi connectivity index (χ2v) is 3.87. The number of fused-ring (bicyclic) bond motifs is 2. The zero-order valence-corrected chi connectivity index (χ0v) is 6.79. The molecule has 3 fully saturated rings. The molecule has 0 aromatic rings. The maximum absolute atomic E-state index is 10.9. The van der Waals surface area contributed by atoms with Crippen molar-refractivity contribution >= 4 is 6.03 Å². The summed E-state index contributed by atoms with van der Waals surface area (Å²) in [6, 6.07) is 0.723. The van der Waals surface area contributed by atoms with Crippen molar-refractivity contribution in [3.05, 3.63) is 0 Å². The lowest BCUT2D eigenvalue weighted by Gasteiger charge is -2.54. The summed E-state index contributed by atoms with van der Waals surface area (Å²) in [7, 11) is 0. The Balaban J connectivity index is 2.04. The molecule has 3 rings (SSSR count). The molecule has 1 saturated carbocycles. The van der Waals surface area contributed by atoms with E-state index in [1.807, 2.05) is 4.90 Å². The number of hydrogen-bond donors (Lipinski definition) is 1. The first kappa shape index (κ1) is 6.95. The van der Waals surface area contributed by atoms with Gasteiger partial charge < -0.3 is 10.6 Å². The van der Waals surface area contributed by atoms with E-state index in [0.29, 0.717) is 12.1 Å². The summed E-state index contributed by atoms with van der Waals surface area (Å²) in [4.78, 5) is 12.7. The molecule has 2 amide bonds. The van der Waals surface area contributed by atoms with Gasteiger partial charge in [0.05, 0.1) is 0 Å². The second kappa shape index (κ2) is 2.13. The minimum atomic E-state index is -0.224. The fourth-order valence-electron chi connectivity index (χ4n) is 2.51. The largest absolute Gasteiger partial charge is 0.351 e. The molecule has 2 aliphatic heterocycles. The fourth-order valence-corrected chi connectivity index (χ4v) is 2.51. The zero-order valence-electron chi connectivity index (χ0n) is 6.79. The van der Waals surface area contributed by atoms with Crippen LogP contribution in [-0.2, 0) is 0 Å². The molecule has 1 unspecified atom stereocenters. The van der Waals surface area contributed by atoms with Gasteiger partial charge in [0, 0.05) is 12.1 Å². The van der Waals surface area contributed by atoms with E-state index >= 15 is 0 Å². The van der Waals surface area contributed by atoms with E-state index < -0.39 is 0 Å². The van der Waals surface area contributed by atoms with Gasteiger partial charge in [-0.15, -0.1) is 0 Å². The molecule has 2 bridgehead atoms. The lowest BCUT2D eigenvalue weighted by Crippen LogP contribution is -2.64. The highest BCUT2D eigenvalue weighted by Gasteiger charge is 2.45. The highest BCUT2D eigenvalue weighted by Crippen LogP contribution is 2.40. The smallest absolute Gasteiger partial charge is 0.315 e. The fraction of sp³-hybridized carbons (Fsp3) is 0.875. The summed E-state index contributed by atoms with van der Waals surface area (Å²) in [5, 5.41) is 0. The van der Waals surface area contributed by atoms with Gasteiger partial charge in [-0.2, -0.15) is 0 Å². The van der Waals surface area contributed by atoms with Gasteiger partial charge in [-0.1, -0.05) is 6.92 Å². The van der Waals surface area contributed by atoms with Gasteiger partial charge in [0.1, 0.15) is 0 Å². The van der Waals surface area contributed by atoms with Crippen molar-refractivity contribution < 1.29 is 4.79 Å². The van der Waals surface area contributed by atoms with E-state index in [9.17, 15) is 4.79 Å². The summed E-state index contributed by atoms with van der Waals surface area (Å²) in [6.45, 7) is 2.25. The first-order valence-electron chi connectivity index (χ1n) is 4.26. The maximum Gasteiger partial charge on any atom is 0.315 e. The molecule has 3 atom stereocenters. The molecule has 11 heavy (non-hydrogen) atoms. The van der Waals surface area contributed by atoms with Crippen molar-refractivity contribution in [3.8, 4) is 0 Å². The van der Waals surface area contributed by atoms with Gasteiger partial charge in [-0.05, 0) is 25.2 Å². The zero-order chi connectivity index (χ0) is 8.01. The van der Waals surface area contributed by atoms with Crippen LogP contribution in [0.5, 0.6) is 0 Å². The molecule has 3 aliphatic rings. The molecule has 0 radical (unpaired) electrons. The van der Waals surface area contributed by atoms with Gasteiger partial charge in [-0.25, -0.2) is 4.79 Å². The monoisotopic (exact) mass is 154 g/mol. The van der Waals surface area contributed by atoms with Crippen molar-refractivity contribution in [1.82, 2.24) is 4.90 Å². The van der Waals surface area contributed by atoms with Crippen LogP contribution in [0.2, 0.25) is 0 Å². The average Bonchev–Trinajstić information content (AvgIpc) is 1.84. The highest BCUT2D eigenvalue weighted by atomic mass is 16.2. The van der Waals surface area contributed by atoms with Gasteiger partial charge in [0.25, 0.3) is 0 Å². The first-order valence-corrected chi connectivity index (χ1v) is 4.26. The molecule has 0 aromatic carbocycles. The third-order valence-corrected chi connectivity index (χ3v) is 2.93. The summed E-state index contributed by atoms with van der Waals surface area (Å²) in [5.74, 6) is 0.786. The average molecular weight is 154 g/mol. The molecule has 3 heteroatoms. The van der Waals surface area contributed by atoms with Gasteiger partial charge in [-0.3, -0.25) is 0 Å². The number of piperidine rings is 1. The van der Waals surface area contributed by atoms with Gasteiger partial charge in [0.2, 0.25) is 0 Å². The topological polar surface area (TPSA) is 46.3 Å². The van der Waals surface area contributed by atoms with Crippen LogP contribution in [-0.4, -0.2) is 23.0 Å². The van der Waals surface area contributed by atoms with E-state index in [0.717, 1.165) is 18.8 Å². The third kappa shape index (κ3) is 0.905. The number of nitrogens with zero attached hydrogens (tertiary/aromatic N) is 1. The van der Waals surface area contributed by atoms with E-state index in [4.69, 9.17) is 5.73 Å². The van der Waals surface area contributed by atoms with E-state index in [-0.39, 0.29) is 6.03 Å². The molecular weight excluding hydrogens is 140 g/mol. The minimum absolute atomic E-state index is 0.224. The van der Waals surface area contributed by atoms with Crippen molar-refractivity contribution in [2.45, 2.75) is 38.3 Å². The Morgan fingerprint density at radius 2 is 1.91 bits per heavy atom. The van der Waals surface area contributed by atoms with Crippen LogP contribution in [0.4, 0.5) is 4.79 Å². The first-order chi connectivity index (χ1) is 5.18. The van der Waals surface area contributed by atoms with Crippen LogP contribution in [0.1, 0.15) is 26.2 Å². The highest BCUT2D eigenvalue weighted by molar-refractivity contribution is 5.74. The van der Waals surface area contributed by atoms with Gasteiger partial charge >= 0.3 is 6.03 Å². The van der Waals surface area contributed by atoms with E-state index in [1.54, 1.807) is 0 Å². The lowest BCUT2D eigenvalue weighted by atomic mass is 9.74. The molecule has 0 spiro atoms. The number of urea groups is 1. The van der Waals surface area contributed by atoms with Crippen molar-refractivity contribution in [2.24, 2.45) is 11.7 Å². The van der Waals surface area contributed by atoms with Crippen LogP contribution in [0, 0.1) is 5.92 Å². The number of carbonyl (C=O) groups excluding carboxylic acids is 1. The number of carbonyl (C=O) groups is 1. The molecule has 2 saturated heterocycles. The predicted octanol–water partition coefficient (Wildman–Crippen LogP) is 0.938. The summed E-state index contributed by atoms with van der Waals surface area (Å²) in [6.07, 6.45) is 3.49. The Bertz CT molecular complexity index is 181. The molecule has 0 aromatic heterocycles. The molecule has 2 N–H and O–H groups in total. The normalized spacial score (nSPS) is 41.5. The van der Waals surface area contributed by atoms with E-state index in [2.05, 4.69) is 6.92 Å². The molecule has 3 nitrogen and oxygen atoms in total. The lowest BCUT2D eigenvalue weighted by molar-refractivity contribution is -0.00775. The standard InChI is InChI=1S/C8H14N2O/c1-5-2-6-4-7(3-5)10(6)8(9)11/h5-7H,2-4H2,1H3,(H2,9,11)/t5?,6-,7+. The van der Waals surface area contributed by atoms with Crippen LogP contribution < -0.4 is 5.73 Å². The maximum atomic E-state index is 10.9. The summed E-state index contributed by atoms with van der Waals surface area (Å²) in [5.41, 5.74) is 5.22. The number of amides is 2. The number of rotatable bonds is 0.